The highest BCUT2D eigenvalue weighted by Crippen LogP contribution is 2.35. The lowest BCUT2D eigenvalue weighted by Gasteiger charge is -2.26. The molecule has 0 N–H and O–H groups in total. The smallest absolute Gasteiger partial charge is 0.254 e. The molecule has 164 valence electrons. The molecule has 0 aliphatic heterocycles. The van der Waals surface area contributed by atoms with Crippen LogP contribution in [-0.4, -0.2) is 26.9 Å². The van der Waals surface area contributed by atoms with Gasteiger partial charge < -0.3 is 9.47 Å². The van der Waals surface area contributed by atoms with Crippen LogP contribution in [0.5, 0.6) is 0 Å². The molecule has 0 spiro atoms. The second kappa shape index (κ2) is 9.29. The molecule has 1 aromatic heterocycles. The van der Waals surface area contributed by atoms with E-state index in [1.807, 2.05) is 23.1 Å². The Morgan fingerprint density at radius 2 is 2.00 bits per heavy atom. The number of nitrogens with zero attached hydrogens (tertiary/aromatic N) is 3. The van der Waals surface area contributed by atoms with E-state index >= 15 is 0 Å². The third-order valence-corrected chi connectivity index (χ3v) is 6.63. The van der Waals surface area contributed by atoms with Crippen LogP contribution in [0.4, 0.5) is 4.39 Å². The number of amides is 1. The number of halogens is 3. The number of hydrogen-bond donors (Lipinski definition) is 0. The van der Waals surface area contributed by atoms with Gasteiger partial charge in [-0.2, -0.15) is 0 Å². The molecular formula is C24H26BrClFN3O. The summed E-state index contributed by atoms with van der Waals surface area (Å²) >= 11 is 9.49. The van der Waals surface area contributed by atoms with Gasteiger partial charge in [0.15, 0.2) is 0 Å². The summed E-state index contributed by atoms with van der Waals surface area (Å²) in [7, 11) is 0. The van der Waals surface area contributed by atoms with Crippen LogP contribution in [0, 0.1) is 11.7 Å². The molecule has 7 heteroatoms. The van der Waals surface area contributed by atoms with Gasteiger partial charge in [-0.05, 0) is 71.1 Å². The van der Waals surface area contributed by atoms with E-state index in [-0.39, 0.29) is 22.1 Å². The number of imidazole rings is 1. The lowest BCUT2D eigenvalue weighted by Crippen LogP contribution is -2.35. The van der Waals surface area contributed by atoms with E-state index in [0.29, 0.717) is 29.7 Å². The Hall–Kier alpha value is -1.92. The van der Waals surface area contributed by atoms with Gasteiger partial charge in [-0.3, -0.25) is 4.79 Å². The standard InChI is InChI=1S/C24H26BrClFN3O/c1-15(2)13-29(24(31)16-7-9-20(27)19(25)11-16)14-23-28-21-10-8-17(26)12-22(21)30(23)18-5-3-4-6-18/h7-12,15,18H,3-6,13-14H2,1-2H3. The Bertz CT molecular complexity index is 1110. The molecule has 0 radical (unpaired) electrons. The average Bonchev–Trinajstić information content (AvgIpc) is 3.35. The summed E-state index contributed by atoms with van der Waals surface area (Å²) in [6, 6.07) is 10.5. The Labute approximate surface area is 195 Å². The molecule has 0 unspecified atom stereocenters. The summed E-state index contributed by atoms with van der Waals surface area (Å²) in [6.45, 7) is 5.15. The molecule has 1 aliphatic rings. The minimum Gasteiger partial charge on any atom is -0.331 e. The van der Waals surface area contributed by atoms with Gasteiger partial charge in [-0.25, -0.2) is 9.37 Å². The largest absolute Gasteiger partial charge is 0.331 e. The molecule has 1 aliphatic carbocycles. The fraction of sp³-hybridized carbons (Fsp3) is 0.417. The molecule has 0 atom stereocenters. The van der Waals surface area contributed by atoms with E-state index in [0.717, 1.165) is 29.7 Å². The third-order valence-electron chi connectivity index (χ3n) is 5.79. The van der Waals surface area contributed by atoms with E-state index < -0.39 is 0 Å². The van der Waals surface area contributed by atoms with Gasteiger partial charge in [-0.1, -0.05) is 38.3 Å². The molecular weight excluding hydrogens is 481 g/mol. The number of carbonyl (C=O) groups is 1. The van der Waals surface area contributed by atoms with E-state index in [9.17, 15) is 9.18 Å². The lowest BCUT2D eigenvalue weighted by atomic mass is 10.1. The highest BCUT2D eigenvalue weighted by Gasteiger charge is 2.26. The zero-order valence-electron chi connectivity index (χ0n) is 17.7. The van der Waals surface area contributed by atoms with E-state index in [2.05, 4.69) is 34.3 Å². The summed E-state index contributed by atoms with van der Waals surface area (Å²) in [5.74, 6) is 0.648. The van der Waals surface area contributed by atoms with Gasteiger partial charge in [0.1, 0.15) is 11.6 Å². The first kappa shape index (κ1) is 22.3. The first-order valence-corrected chi connectivity index (χ1v) is 11.9. The van der Waals surface area contributed by atoms with Gasteiger partial charge in [0.25, 0.3) is 5.91 Å². The van der Waals surface area contributed by atoms with Crippen molar-refractivity contribution >= 4 is 44.5 Å². The van der Waals surface area contributed by atoms with Crippen molar-refractivity contribution in [3.05, 3.63) is 63.1 Å². The highest BCUT2D eigenvalue weighted by atomic mass is 79.9. The summed E-state index contributed by atoms with van der Waals surface area (Å²) in [4.78, 5) is 20.1. The monoisotopic (exact) mass is 505 g/mol. The van der Waals surface area contributed by atoms with Crippen molar-refractivity contribution in [2.45, 2.75) is 52.1 Å². The van der Waals surface area contributed by atoms with Gasteiger partial charge in [0.2, 0.25) is 0 Å². The fourth-order valence-corrected chi connectivity index (χ4v) is 4.99. The number of aromatic nitrogens is 2. The maximum atomic E-state index is 13.7. The highest BCUT2D eigenvalue weighted by molar-refractivity contribution is 9.10. The Balaban J connectivity index is 1.73. The number of benzene rings is 2. The molecule has 0 bridgehead atoms. The average molecular weight is 507 g/mol. The predicted octanol–water partition coefficient (Wildman–Crippen LogP) is 7.00. The number of fused-ring (bicyclic) bond motifs is 1. The van der Waals surface area contributed by atoms with Crippen LogP contribution in [0.1, 0.15) is 61.8 Å². The number of hydrogen-bond acceptors (Lipinski definition) is 2. The first-order valence-electron chi connectivity index (χ1n) is 10.7. The predicted molar refractivity (Wildman–Crippen MR) is 126 cm³/mol. The van der Waals surface area contributed by atoms with Gasteiger partial charge in [0.05, 0.1) is 22.1 Å². The minimum absolute atomic E-state index is 0.127. The molecule has 0 saturated heterocycles. The van der Waals surface area contributed by atoms with Crippen LogP contribution in [0.25, 0.3) is 11.0 Å². The Morgan fingerprint density at radius 1 is 1.26 bits per heavy atom. The van der Waals surface area contributed by atoms with Gasteiger partial charge in [-0.15, -0.1) is 0 Å². The molecule has 1 heterocycles. The minimum atomic E-state index is -0.383. The van der Waals surface area contributed by atoms with Crippen molar-refractivity contribution in [2.24, 2.45) is 5.92 Å². The molecule has 1 saturated carbocycles. The van der Waals surface area contributed by atoms with Crippen molar-refractivity contribution in [1.29, 1.82) is 0 Å². The topological polar surface area (TPSA) is 38.1 Å². The summed E-state index contributed by atoms with van der Waals surface area (Å²) < 4.78 is 16.3. The summed E-state index contributed by atoms with van der Waals surface area (Å²) in [6.07, 6.45) is 4.60. The van der Waals surface area contributed by atoms with Crippen LogP contribution in [-0.2, 0) is 6.54 Å². The second-order valence-electron chi connectivity index (χ2n) is 8.68. The van der Waals surface area contributed by atoms with E-state index in [4.69, 9.17) is 16.6 Å². The Morgan fingerprint density at radius 3 is 2.68 bits per heavy atom. The first-order chi connectivity index (χ1) is 14.8. The van der Waals surface area contributed by atoms with Crippen molar-refractivity contribution < 1.29 is 9.18 Å². The molecule has 2 aromatic carbocycles. The maximum Gasteiger partial charge on any atom is 0.254 e. The van der Waals surface area contributed by atoms with Crippen LogP contribution >= 0.6 is 27.5 Å². The zero-order valence-corrected chi connectivity index (χ0v) is 20.1. The summed E-state index contributed by atoms with van der Waals surface area (Å²) in [5, 5.41) is 0.685. The third kappa shape index (κ3) is 4.80. The van der Waals surface area contributed by atoms with Crippen LogP contribution in [0.15, 0.2) is 40.9 Å². The number of rotatable bonds is 6. The van der Waals surface area contributed by atoms with Gasteiger partial charge >= 0.3 is 0 Å². The van der Waals surface area contributed by atoms with E-state index in [1.54, 1.807) is 6.07 Å². The molecule has 1 fully saturated rings. The SMILES string of the molecule is CC(C)CN(Cc1nc2ccc(Cl)cc2n1C1CCCC1)C(=O)c1ccc(F)c(Br)c1. The van der Waals surface area contributed by atoms with Crippen molar-refractivity contribution in [3.8, 4) is 0 Å². The zero-order chi connectivity index (χ0) is 22.1. The van der Waals surface area contributed by atoms with Gasteiger partial charge in [0, 0.05) is 23.2 Å². The molecule has 4 nitrogen and oxygen atoms in total. The lowest BCUT2D eigenvalue weighted by molar-refractivity contribution is 0.0715. The van der Waals surface area contributed by atoms with Crippen LogP contribution in [0.3, 0.4) is 0 Å². The molecule has 3 aromatic rings. The summed E-state index contributed by atoms with van der Waals surface area (Å²) in [5.41, 5.74) is 2.38. The normalized spacial score (nSPS) is 14.6. The van der Waals surface area contributed by atoms with Crippen molar-refractivity contribution in [2.75, 3.05) is 6.54 Å². The maximum absolute atomic E-state index is 13.7. The molecule has 4 rings (SSSR count). The van der Waals surface area contributed by atoms with E-state index in [1.165, 1.54) is 25.0 Å². The molecule has 31 heavy (non-hydrogen) atoms. The Kier molecular flexibility index (Phi) is 6.68. The van der Waals surface area contributed by atoms with Crippen molar-refractivity contribution in [1.82, 2.24) is 14.5 Å². The quantitative estimate of drug-likeness (QED) is 0.361. The fourth-order valence-electron chi connectivity index (χ4n) is 4.44. The molecule has 1 amide bonds. The van der Waals surface area contributed by atoms with Crippen LogP contribution in [0.2, 0.25) is 5.02 Å². The number of carbonyl (C=O) groups excluding carboxylic acids is 1. The van der Waals surface area contributed by atoms with Crippen LogP contribution < -0.4 is 0 Å². The van der Waals surface area contributed by atoms with Crippen molar-refractivity contribution in [3.63, 3.8) is 0 Å². The second-order valence-corrected chi connectivity index (χ2v) is 9.97.